The second-order valence-corrected chi connectivity index (χ2v) is 5.71. The molecule has 3 atom stereocenters. The van der Waals surface area contributed by atoms with Crippen molar-refractivity contribution in [1.29, 1.82) is 0 Å². The summed E-state index contributed by atoms with van der Waals surface area (Å²) in [6.07, 6.45) is 5.51. The van der Waals surface area contributed by atoms with Crippen molar-refractivity contribution >= 4 is 5.91 Å². The summed E-state index contributed by atoms with van der Waals surface area (Å²) in [7, 11) is 0. The van der Waals surface area contributed by atoms with E-state index in [0.29, 0.717) is 6.54 Å². The van der Waals surface area contributed by atoms with Crippen molar-refractivity contribution in [1.82, 2.24) is 10.6 Å². The summed E-state index contributed by atoms with van der Waals surface area (Å²) < 4.78 is 5.18. The van der Waals surface area contributed by atoms with Gasteiger partial charge in [-0.3, -0.25) is 4.79 Å². The van der Waals surface area contributed by atoms with Gasteiger partial charge in [0.1, 0.15) is 5.76 Å². The van der Waals surface area contributed by atoms with Crippen LogP contribution >= 0.6 is 0 Å². The van der Waals surface area contributed by atoms with Crippen LogP contribution in [-0.2, 0) is 11.3 Å². The maximum Gasteiger partial charge on any atom is 0.237 e. The van der Waals surface area contributed by atoms with Crippen LogP contribution in [-0.4, -0.2) is 18.5 Å². The van der Waals surface area contributed by atoms with Gasteiger partial charge >= 0.3 is 0 Å². The molecule has 1 heterocycles. The lowest BCUT2D eigenvalue weighted by atomic mass is 10.1. The van der Waals surface area contributed by atoms with Gasteiger partial charge in [-0.1, -0.05) is 13.3 Å². The molecule has 2 N–H and O–H groups in total. The van der Waals surface area contributed by atoms with E-state index in [1.807, 2.05) is 19.1 Å². The molecule has 1 saturated carbocycles. The Morgan fingerprint density at radius 2 is 2.37 bits per heavy atom. The van der Waals surface area contributed by atoms with Gasteiger partial charge in [-0.15, -0.1) is 0 Å². The zero-order chi connectivity index (χ0) is 13.7. The molecule has 0 bridgehead atoms. The molecule has 0 radical (unpaired) electrons. The number of hydrogen-bond donors (Lipinski definition) is 2. The molecule has 0 spiro atoms. The number of carbonyl (C=O) groups is 1. The molecule has 106 valence electrons. The molecule has 1 fully saturated rings. The van der Waals surface area contributed by atoms with Gasteiger partial charge in [-0.25, -0.2) is 0 Å². The van der Waals surface area contributed by atoms with Crippen LogP contribution in [0.4, 0.5) is 0 Å². The largest absolute Gasteiger partial charge is 0.467 e. The van der Waals surface area contributed by atoms with E-state index in [1.54, 1.807) is 6.26 Å². The van der Waals surface area contributed by atoms with Crippen LogP contribution in [0.2, 0.25) is 0 Å². The SMILES string of the molecule is CC1CCC(CNC(C)C(=O)NCc2ccco2)C1. The minimum atomic E-state index is -0.147. The normalized spacial score (nSPS) is 24.3. The summed E-state index contributed by atoms with van der Waals surface area (Å²) in [5.41, 5.74) is 0. The van der Waals surface area contributed by atoms with E-state index in [1.165, 1.54) is 19.3 Å². The summed E-state index contributed by atoms with van der Waals surface area (Å²) in [6.45, 7) is 5.62. The Morgan fingerprint density at radius 1 is 1.53 bits per heavy atom. The molecule has 4 nitrogen and oxygen atoms in total. The van der Waals surface area contributed by atoms with E-state index >= 15 is 0 Å². The monoisotopic (exact) mass is 264 g/mol. The van der Waals surface area contributed by atoms with E-state index in [0.717, 1.165) is 24.1 Å². The summed E-state index contributed by atoms with van der Waals surface area (Å²) in [4.78, 5) is 11.9. The Kier molecular flexibility index (Phi) is 5.02. The number of nitrogens with one attached hydrogen (secondary N) is 2. The van der Waals surface area contributed by atoms with E-state index in [2.05, 4.69) is 17.6 Å². The van der Waals surface area contributed by atoms with Crippen LogP contribution in [0.3, 0.4) is 0 Å². The highest BCUT2D eigenvalue weighted by molar-refractivity contribution is 5.81. The number of amides is 1. The van der Waals surface area contributed by atoms with Crippen LogP contribution in [0.1, 0.15) is 38.9 Å². The highest BCUT2D eigenvalue weighted by Crippen LogP contribution is 2.29. The molecule has 1 amide bonds. The zero-order valence-corrected chi connectivity index (χ0v) is 11.8. The first-order valence-corrected chi connectivity index (χ1v) is 7.18. The van der Waals surface area contributed by atoms with Crippen molar-refractivity contribution in [3.63, 3.8) is 0 Å². The third kappa shape index (κ3) is 4.39. The molecule has 3 unspecified atom stereocenters. The molecule has 1 aliphatic carbocycles. The molecule has 1 aromatic heterocycles. The molecule has 0 aromatic carbocycles. The van der Waals surface area contributed by atoms with Crippen molar-refractivity contribution < 1.29 is 9.21 Å². The average molecular weight is 264 g/mol. The van der Waals surface area contributed by atoms with Gasteiger partial charge in [-0.2, -0.15) is 0 Å². The molecule has 0 aliphatic heterocycles. The highest BCUT2D eigenvalue weighted by atomic mass is 16.3. The van der Waals surface area contributed by atoms with E-state index in [4.69, 9.17) is 4.42 Å². The summed E-state index contributed by atoms with van der Waals surface area (Å²) >= 11 is 0. The number of furan rings is 1. The predicted octanol–water partition coefficient (Wildman–Crippen LogP) is 2.31. The summed E-state index contributed by atoms with van der Waals surface area (Å²) in [6, 6.07) is 3.54. The molecular weight excluding hydrogens is 240 g/mol. The molecule has 2 rings (SSSR count). The van der Waals surface area contributed by atoms with Gasteiger partial charge in [0.05, 0.1) is 18.8 Å². The van der Waals surface area contributed by atoms with Crippen LogP contribution < -0.4 is 10.6 Å². The van der Waals surface area contributed by atoms with Crippen molar-refractivity contribution in [3.8, 4) is 0 Å². The second-order valence-electron chi connectivity index (χ2n) is 5.71. The van der Waals surface area contributed by atoms with Crippen molar-refractivity contribution in [2.24, 2.45) is 11.8 Å². The fourth-order valence-electron chi connectivity index (χ4n) is 2.69. The fraction of sp³-hybridized carbons (Fsp3) is 0.667. The first-order valence-electron chi connectivity index (χ1n) is 7.18. The van der Waals surface area contributed by atoms with Crippen molar-refractivity contribution in [2.75, 3.05) is 6.54 Å². The Hall–Kier alpha value is -1.29. The minimum Gasteiger partial charge on any atom is -0.467 e. The van der Waals surface area contributed by atoms with Gasteiger partial charge in [0.2, 0.25) is 5.91 Å². The Balaban J connectivity index is 1.64. The first-order chi connectivity index (χ1) is 9.15. The molecule has 0 saturated heterocycles. The van der Waals surface area contributed by atoms with Gasteiger partial charge < -0.3 is 15.1 Å². The van der Waals surface area contributed by atoms with Gasteiger partial charge in [0.25, 0.3) is 0 Å². The maximum atomic E-state index is 11.9. The van der Waals surface area contributed by atoms with E-state index in [9.17, 15) is 4.79 Å². The van der Waals surface area contributed by atoms with E-state index < -0.39 is 0 Å². The summed E-state index contributed by atoms with van der Waals surface area (Å²) in [5, 5.41) is 6.21. The van der Waals surface area contributed by atoms with Gasteiger partial charge in [-0.05, 0) is 50.3 Å². The molecule has 4 heteroatoms. The molecule has 1 aromatic rings. The van der Waals surface area contributed by atoms with Crippen LogP contribution in [0.15, 0.2) is 22.8 Å². The summed E-state index contributed by atoms with van der Waals surface area (Å²) in [5.74, 6) is 2.39. The van der Waals surface area contributed by atoms with Crippen LogP contribution in [0, 0.1) is 11.8 Å². The van der Waals surface area contributed by atoms with Gasteiger partial charge in [0.15, 0.2) is 0 Å². The number of hydrogen-bond acceptors (Lipinski definition) is 3. The Labute approximate surface area is 114 Å². The third-order valence-corrected chi connectivity index (χ3v) is 3.93. The third-order valence-electron chi connectivity index (χ3n) is 3.93. The average Bonchev–Trinajstić information content (AvgIpc) is 3.04. The zero-order valence-electron chi connectivity index (χ0n) is 11.8. The standard InChI is InChI=1S/C15H24N2O2/c1-11-5-6-13(8-11)9-16-12(2)15(18)17-10-14-4-3-7-19-14/h3-4,7,11-13,16H,5-6,8-10H2,1-2H3,(H,17,18). The molecule has 19 heavy (non-hydrogen) atoms. The molecular formula is C15H24N2O2. The first kappa shape index (κ1) is 14.1. The number of rotatable bonds is 6. The van der Waals surface area contributed by atoms with Gasteiger partial charge in [0, 0.05) is 0 Å². The van der Waals surface area contributed by atoms with E-state index in [-0.39, 0.29) is 11.9 Å². The van der Waals surface area contributed by atoms with Crippen LogP contribution in [0.5, 0.6) is 0 Å². The lowest BCUT2D eigenvalue weighted by Gasteiger charge is -2.16. The van der Waals surface area contributed by atoms with Crippen LogP contribution in [0.25, 0.3) is 0 Å². The van der Waals surface area contributed by atoms with Crippen molar-refractivity contribution in [2.45, 2.75) is 45.7 Å². The fourth-order valence-corrected chi connectivity index (χ4v) is 2.69. The maximum absolute atomic E-state index is 11.9. The second kappa shape index (κ2) is 6.75. The topological polar surface area (TPSA) is 54.3 Å². The lowest BCUT2D eigenvalue weighted by molar-refractivity contribution is -0.123. The number of carbonyl (C=O) groups excluding carboxylic acids is 1. The van der Waals surface area contributed by atoms with Crippen molar-refractivity contribution in [3.05, 3.63) is 24.2 Å². The predicted molar refractivity (Wildman–Crippen MR) is 74.5 cm³/mol. The molecule has 1 aliphatic rings. The minimum absolute atomic E-state index is 0.0300. The quantitative estimate of drug-likeness (QED) is 0.829. The smallest absolute Gasteiger partial charge is 0.237 e. The highest BCUT2D eigenvalue weighted by Gasteiger charge is 2.22. The Morgan fingerprint density at radius 3 is 3.00 bits per heavy atom. The lowest BCUT2D eigenvalue weighted by Crippen LogP contribution is -2.43. The Bertz CT molecular complexity index is 389.